The molecule has 0 bridgehead atoms. The summed E-state index contributed by atoms with van der Waals surface area (Å²) < 4.78 is 5.23. The lowest BCUT2D eigenvalue weighted by molar-refractivity contribution is -0.143. The van der Waals surface area contributed by atoms with Crippen LogP contribution in [0.15, 0.2) is 36.4 Å². The van der Waals surface area contributed by atoms with E-state index in [9.17, 15) is 4.79 Å². The van der Waals surface area contributed by atoms with E-state index < -0.39 is 5.72 Å². The van der Waals surface area contributed by atoms with Gasteiger partial charge in [0.1, 0.15) is 0 Å². The quantitative estimate of drug-likeness (QED) is 0.625. The lowest BCUT2D eigenvalue weighted by atomic mass is 10.1. The zero-order chi connectivity index (χ0) is 9.60. The number of benzene rings is 1. The number of para-hydroxylation sites is 1. The standard InChI is InChI=1S/C11H9NO2/c13-10-5-6-11(14-10)7-8-3-1-2-4-9(8)12-11/h1-6,12H,7H2. The Hall–Kier alpha value is -1.77. The molecule has 1 unspecified atom stereocenters. The van der Waals surface area contributed by atoms with Crippen molar-refractivity contribution in [3.8, 4) is 0 Å². The molecule has 3 nitrogen and oxygen atoms in total. The summed E-state index contributed by atoms with van der Waals surface area (Å²) in [7, 11) is 0. The third-order valence-electron chi connectivity index (χ3n) is 2.59. The molecule has 70 valence electrons. The van der Waals surface area contributed by atoms with Crippen LogP contribution in [-0.2, 0) is 16.0 Å². The third-order valence-corrected chi connectivity index (χ3v) is 2.59. The van der Waals surface area contributed by atoms with E-state index in [1.54, 1.807) is 6.08 Å². The van der Waals surface area contributed by atoms with Gasteiger partial charge in [-0.3, -0.25) is 0 Å². The van der Waals surface area contributed by atoms with E-state index in [-0.39, 0.29) is 5.97 Å². The molecule has 0 radical (unpaired) electrons. The average Bonchev–Trinajstić information content (AvgIpc) is 2.69. The molecule has 3 rings (SSSR count). The Morgan fingerprint density at radius 2 is 2.21 bits per heavy atom. The van der Waals surface area contributed by atoms with Crippen LogP contribution in [0.5, 0.6) is 0 Å². The summed E-state index contributed by atoms with van der Waals surface area (Å²) in [5.41, 5.74) is 1.62. The maximum atomic E-state index is 11.0. The highest BCUT2D eigenvalue weighted by Crippen LogP contribution is 2.36. The van der Waals surface area contributed by atoms with Crippen LogP contribution < -0.4 is 5.32 Å². The second kappa shape index (κ2) is 2.38. The highest BCUT2D eigenvalue weighted by Gasteiger charge is 2.40. The van der Waals surface area contributed by atoms with E-state index in [2.05, 4.69) is 5.32 Å². The van der Waals surface area contributed by atoms with E-state index in [1.807, 2.05) is 24.3 Å². The Balaban J connectivity index is 1.99. The Kier molecular flexibility index (Phi) is 1.29. The first kappa shape index (κ1) is 7.62. The van der Waals surface area contributed by atoms with Crippen LogP contribution in [0, 0.1) is 0 Å². The Morgan fingerprint density at radius 1 is 1.36 bits per heavy atom. The largest absolute Gasteiger partial charge is 0.432 e. The van der Waals surface area contributed by atoms with Crippen molar-refractivity contribution in [1.29, 1.82) is 0 Å². The molecule has 2 aliphatic rings. The maximum absolute atomic E-state index is 11.0. The topological polar surface area (TPSA) is 38.3 Å². The molecule has 1 atom stereocenters. The SMILES string of the molecule is O=C1C=CC2(Cc3ccccc3N2)O1. The van der Waals surface area contributed by atoms with Crippen molar-refractivity contribution >= 4 is 11.7 Å². The minimum atomic E-state index is -0.610. The fraction of sp³-hybridized carbons (Fsp3) is 0.182. The molecular formula is C11H9NO2. The smallest absolute Gasteiger partial charge is 0.333 e. The number of carbonyl (C=O) groups excluding carboxylic acids is 1. The molecule has 1 spiro atoms. The highest BCUT2D eigenvalue weighted by atomic mass is 16.6. The van der Waals surface area contributed by atoms with E-state index in [0.717, 1.165) is 5.69 Å². The molecule has 14 heavy (non-hydrogen) atoms. The van der Waals surface area contributed by atoms with E-state index >= 15 is 0 Å². The molecule has 1 aromatic carbocycles. The van der Waals surface area contributed by atoms with Crippen LogP contribution in [0.3, 0.4) is 0 Å². The summed E-state index contributed by atoms with van der Waals surface area (Å²) in [5.74, 6) is -0.273. The predicted molar refractivity (Wildman–Crippen MR) is 51.7 cm³/mol. The number of rotatable bonds is 0. The number of hydrogen-bond donors (Lipinski definition) is 1. The van der Waals surface area contributed by atoms with Gasteiger partial charge in [0, 0.05) is 18.2 Å². The summed E-state index contributed by atoms with van der Waals surface area (Å²) in [6.45, 7) is 0. The average molecular weight is 187 g/mol. The van der Waals surface area contributed by atoms with Gasteiger partial charge < -0.3 is 10.1 Å². The van der Waals surface area contributed by atoms with Crippen LogP contribution >= 0.6 is 0 Å². The first-order valence-corrected chi connectivity index (χ1v) is 4.56. The highest BCUT2D eigenvalue weighted by molar-refractivity contribution is 5.86. The van der Waals surface area contributed by atoms with E-state index in [1.165, 1.54) is 11.6 Å². The molecule has 1 aromatic rings. The normalized spacial score (nSPS) is 27.6. The first-order chi connectivity index (χ1) is 6.77. The lowest BCUT2D eigenvalue weighted by Crippen LogP contribution is -2.35. The van der Waals surface area contributed by atoms with Crippen molar-refractivity contribution in [3.63, 3.8) is 0 Å². The molecular weight excluding hydrogens is 178 g/mol. The molecule has 0 amide bonds. The van der Waals surface area contributed by atoms with Gasteiger partial charge in [-0.1, -0.05) is 18.2 Å². The van der Waals surface area contributed by atoms with Gasteiger partial charge in [0.2, 0.25) is 5.72 Å². The molecule has 0 saturated carbocycles. The number of carbonyl (C=O) groups is 1. The van der Waals surface area contributed by atoms with Crippen LogP contribution in [0.25, 0.3) is 0 Å². The first-order valence-electron chi connectivity index (χ1n) is 4.56. The Morgan fingerprint density at radius 3 is 2.93 bits per heavy atom. The van der Waals surface area contributed by atoms with Crippen molar-refractivity contribution < 1.29 is 9.53 Å². The minimum absolute atomic E-state index is 0.273. The number of ether oxygens (including phenoxy) is 1. The fourth-order valence-corrected chi connectivity index (χ4v) is 1.96. The fourth-order valence-electron chi connectivity index (χ4n) is 1.96. The van der Waals surface area contributed by atoms with Crippen LogP contribution in [0.2, 0.25) is 0 Å². The van der Waals surface area contributed by atoms with Gasteiger partial charge in [-0.2, -0.15) is 0 Å². The molecule has 3 heteroatoms. The third kappa shape index (κ3) is 0.954. The van der Waals surface area contributed by atoms with Crippen molar-refractivity contribution in [3.05, 3.63) is 42.0 Å². The van der Waals surface area contributed by atoms with Crippen molar-refractivity contribution in [2.24, 2.45) is 0 Å². The number of nitrogens with one attached hydrogen (secondary N) is 1. The van der Waals surface area contributed by atoms with Crippen molar-refractivity contribution in [1.82, 2.24) is 0 Å². The molecule has 0 fully saturated rings. The summed E-state index contributed by atoms with van der Waals surface area (Å²) in [5, 5.41) is 3.21. The second-order valence-electron chi connectivity index (χ2n) is 3.60. The van der Waals surface area contributed by atoms with E-state index in [0.29, 0.717) is 6.42 Å². The molecule has 1 N–H and O–H groups in total. The summed E-state index contributed by atoms with van der Waals surface area (Å²) in [6.07, 6.45) is 3.97. The van der Waals surface area contributed by atoms with Crippen molar-refractivity contribution in [2.45, 2.75) is 12.1 Å². The van der Waals surface area contributed by atoms with Gasteiger partial charge in [0.05, 0.1) is 0 Å². The van der Waals surface area contributed by atoms with Crippen LogP contribution in [0.4, 0.5) is 5.69 Å². The van der Waals surface area contributed by atoms with Gasteiger partial charge in [-0.25, -0.2) is 4.79 Å². The molecule has 0 saturated heterocycles. The van der Waals surface area contributed by atoms with Gasteiger partial charge in [-0.05, 0) is 17.7 Å². The lowest BCUT2D eigenvalue weighted by Gasteiger charge is -2.21. The predicted octanol–water partition coefficient (Wildman–Crippen LogP) is 1.46. The number of fused-ring (bicyclic) bond motifs is 1. The number of esters is 1. The monoisotopic (exact) mass is 187 g/mol. The summed E-state index contributed by atoms with van der Waals surface area (Å²) >= 11 is 0. The zero-order valence-electron chi connectivity index (χ0n) is 7.49. The maximum Gasteiger partial charge on any atom is 0.333 e. The summed E-state index contributed by atoms with van der Waals surface area (Å²) in [4.78, 5) is 11.0. The Labute approximate surface area is 81.4 Å². The van der Waals surface area contributed by atoms with Gasteiger partial charge in [-0.15, -0.1) is 0 Å². The number of anilines is 1. The Bertz CT molecular complexity index is 412. The molecule has 0 aliphatic carbocycles. The van der Waals surface area contributed by atoms with Crippen LogP contribution in [-0.4, -0.2) is 11.7 Å². The molecule has 2 heterocycles. The molecule has 0 aromatic heterocycles. The zero-order valence-corrected chi connectivity index (χ0v) is 7.49. The van der Waals surface area contributed by atoms with Crippen LogP contribution in [0.1, 0.15) is 5.56 Å². The second-order valence-corrected chi connectivity index (χ2v) is 3.60. The van der Waals surface area contributed by atoms with Gasteiger partial charge in [0.25, 0.3) is 0 Å². The van der Waals surface area contributed by atoms with Gasteiger partial charge in [0.15, 0.2) is 0 Å². The summed E-state index contributed by atoms with van der Waals surface area (Å²) in [6, 6.07) is 7.98. The number of hydrogen-bond acceptors (Lipinski definition) is 3. The van der Waals surface area contributed by atoms with Gasteiger partial charge >= 0.3 is 5.97 Å². The minimum Gasteiger partial charge on any atom is -0.432 e. The molecule has 2 aliphatic heterocycles. The van der Waals surface area contributed by atoms with Crippen molar-refractivity contribution in [2.75, 3.05) is 5.32 Å². The van der Waals surface area contributed by atoms with E-state index in [4.69, 9.17) is 4.74 Å².